The van der Waals surface area contributed by atoms with E-state index in [1.165, 1.54) is 77.0 Å². The maximum atomic E-state index is 9.26. The number of methoxy groups -OCH3 is 1. The van der Waals surface area contributed by atoms with Gasteiger partial charge in [0, 0.05) is 7.11 Å². The predicted molar refractivity (Wildman–Crippen MR) is 96.1 cm³/mol. The molecule has 21 heavy (non-hydrogen) atoms. The van der Waals surface area contributed by atoms with Crippen molar-refractivity contribution < 1.29 is 9.84 Å². The molecule has 1 N–H and O–H groups in total. The lowest BCUT2D eigenvalue weighted by Crippen LogP contribution is -2.08. The van der Waals surface area contributed by atoms with Gasteiger partial charge in [-0.2, -0.15) is 0 Å². The second-order valence-corrected chi connectivity index (χ2v) is 6.99. The van der Waals surface area contributed by atoms with Gasteiger partial charge in [0.05, 0.1) is 0 Å². The Morgan fingerprint density at radius 3 is 1.71 bits per heavy atom. The molecule has 126 valence electrons. The van der Waals surface area contributed by atoms with E-state index in [4.69, 9.17) is 4.74 Å². The Bertz CT molecular complexity index is 231. The summed E-state index contributed by atoms with van der Waals surface area (Å²) >= 11 is 1.64. The summed E-state index contributed by atoms with van der Waals surface area (Å²) in [5, 5.41) is 9.26. The third kappa shape index (κ3) is 14.5. The highest BCUT2D eigenvalue weighted by Crippen LogP contribution is 2.19. The first kappa shape index (κ1) is 20.9. The minimum Gasteiger partial charge on any atom is -0.509 e. The maximum Gasteiger partial charge on any atom is 0.159 e. The largest absolute Gasteiger partial charge is 0.509 e. The molecule has 0 fully saturated rings. The van der Waals surface area contributed by atoms with Crippen molar-refractivity contribution in [3.05, 3.63) is 12.3 Å². The van der Waals surface area contributed by atoms with Crippen LogP contribution < -0.4 is 0 Å². The molecule has 0 aromatic heterocycles. The van der Waals surface area contributed by atoms with Gasteiger partial charge in [0.2, 0.25) is 0 Å². The number of hydrogen-bond donors (Lipinski definition) is 1. The van der Waals surface area contributed by atoms with E-state index < -0.39 is 0 Å². The number of hydrogen-bond acceptors (Lipinski definition) is 3. The first-order valence-electron chi connectivity index (χ1n) is 8.74. The van der Waals surface area contributed by atoms with Crippen LogP contribution in [0.1, 0.15) is 84.0 Å². The van der Waals surface area contributed by atoms with Gasteiger partial charge in [-0.3, -0.25) is 0 Å². The zero-order valence-electron chi connectivity index (χ0n) is 14.2. The number of rotatable bonds is 16. The average Bonchev–Trinajstić information content (AvgIpc) is 2.47. The fraction of sp³-hybridized carbons (Fsp3) is 0.889. The Morgan fingerprint density at radius 2 is 1.33 bits per heavy atom. The van der Waals surface area contributed by atoms with Crippen molar-refractivity contribution in [1.29, 1.82) is 0 Å². The zero-order valence-corrected chi connectivity index (χ0v) is 15.1. The molecule has 0 saturated heterocycles. The molecular weight excluding hydrogens is 280 g/mol. The molecule has 3 heteroatoms. The van der Waals surface area contributed by atoms with E-state index >= 15 is 0 Å². The van der Waals surface area contributed by atoms with E-state index in [-0.39, 0.29) is 11.2 Å². The zero-order chi connectivity index (χ0) is 15.8. The van der Waals surface area contributed by atoms with Crippen LogP contribution in [-0.2, 0) is 4.74 Å². The molecule has 2 nitrogen and oxygen atoms in total. The summed E-state index contributed by atoms with van der Waals surface area (Å²) < 4.78 is 5.13. The van der Waals surface area contributed by atoms with E-state index in [9.17, 15) is 5.11 Å². The van der Waals surface area contributed by atoms with Gasteiger partial charge in [-0.25, -0.2) is 0 Å². The Morgan fingerprint density at radius 1 is 0.905 bits per heavy atom. The molecule has 0 radical (unpaired) electrons. The lowest BCUT2D eigenvalue weighted by atomic mass is 10.1. The lowest BCUT2D eigenvalue weighted by molar-refractivity contribution is 0.158. The van der Waals surface area contributed by atoms with Crippen molar-refractivity contribution in [3.63, 3.8) is 0 Å². The number of aliphatic hydroxyl groups excluding tert-OH is 1. The molecule has 0 aliphatic carbocycles. The van der Waals surface area contributed by atoms with Crippen LogP contribution >= 0.6 is 11.8 Å². The summed E-state index contributed by atoms with van der Waals surface area (Å²) in [4.78, 5) is 0. The molecule has 0 aliphatic heterocycles. The van der Waals surface area contributed by atoms with Crippen LogP contribution in [0.5, 0.6) is 0 Å². The molecule has 0 aromatic rings. The first-order valence-corrected chi connectivity index (χ1v) is 9.79. The summed E-state index contributed by atoms with van der Waals surface area (Å²) in [6.45, 7) is 5.79. The van der Waals surface area contributed by atoms with Crippen LogP contribution in [-0.4, -0.2) is 23.4 Å². The molecule has 0 heterocycles. The molecule has 0 saturated carbocycles. The Hall–Kier alpha value is -0.150. The predicted octanol–water partition coefficient (Wildman–Crippen LogP) is 6.46. The monoisotopic (exact) mass is 316 g/mol. The van der Waals surface area contributed by atoms with Gasteiger partial charge >= 0.3 is 0 Å². The number of ether oxygens (including phenoxy) is 1. The van der Waals surface area contributed by atoms with Crippen molar-refractivity contribution in [2.24, 2.45) is 0 Å². The van der Waals surface area contributed by atoms with Crippen LogP contribution in [0.3, 0.4) is 0 Å². The third-order valence-electron chi connectivity index (χ3n) is 3.75. The van der Waals surface area contributed by atoms with E-state index in [0.29, 0.717) is 0 Å². The number of thioether (sulfide) groups is 1. The highest BCUT2D eigenvalue weighted by Gasteiger charge is 2.09. The van der Waals surface area contributed by atoms with Crippen molar-refractivity contribution in [2.45, 2.75) is 89.4 Å². The molecule has 0 rings (SSSR count). The minimum atomic E-state index is -0.252. The second kappa shape index (κ2) is 16.2. The topological polar surface area (TPSA) is 29.5 Å². The molecule has 0 aromatic carbocycles. The van der Waals surface area contributed by atoms with Crippen LogP contribution in [0.15, 0.2) is 12.3 Å². The van der Waals surface area contributed by atoms with Crippen LogP contribution in [0, 0.1) is 0 Å². The standard InChI is InChI=1S/C18H36O2S/c1-4-5-6-7-8-9-10-11-12-13-14-15-16-21-18(20-3)17(2)19/h18-19H,2,4-16H2,1,3H3. The number of unbranched alkanes of at least 4 members (excludes halogenated alkanes) is 11. The van der Waals surface area contributed by atoms with Crippen LogP contribution in [0.25, 0.3) is 0 Å². The molecule has 0 amide bonds. The van der Waals surface area contributed by atoms with E-state index in [0.717, 1.165) is 5.75 Å². The molecule has 1 atom stereocenters. The molecular formula is C18H36O2S. The normalized spacial score (nSPS) is 12.5. The average molecular weight is 317 g/mol. The van der Waals surface area contributed by atoms with E-state index in [1.54, 1.807) is 18.9 Å². The number of aliphatic hydroxyl groups is 1. The van der Waals surface area contributed by atoms with Crippen LogP contribution in [0.2, 0.25) is 0 Å². The van der Waals surface area contributed by atoms with Gasteiger partial charge in [0.1, 0.15) is 5.76 Å². The maximum absolute atomic E-state index is 9.26. The summed E-state index contributed by atoms with van der Waals surface area (Å²) in [7, 11) is 1.61. The SMILES string of the molecule is C=C(O)C(OC)SCCCCCCCCCCCCCC. The highest BCUT2D eigenvalue weighted by atomic mass is 32.2. The lowest BCUT2D eigenvalue weighted by Gasteiger charge is -2.12. The highest BCUT2D eigenvalue weighted by molar-refractivity contribution is 7.99. The fourth-order valence-electron chi connectivity index (χ4n) is 2.43. The second-order valence-electron chi connectivity index (χ2n) is 5.82. The molecule has 1 unspecified atom stereocenters. The van der Waals surface area contributed by atoms with E-state index in [1.807, 2.05) is 0 Å². The first-order chi connectivity index (χ1) is 10.2. The summed E-state index contributed by atoms with van der Waals surface area (Å²) in [6, 6.07) is 0. The van der Waals surface area contributed by atoms with Crippen LogP contribution in [0.4, 0.5) is 0 Å². The minimum absolute atomic E-state index is 0.126. The smallest absolute Gasteiger partial charge is 0.159 e. The van der Waals surface area contributed by atoms with Gasteiger partial charge in [-0.1, -0.05) is 84.1 Å². The molecule has 0 spiro atoms. The Kier molecular flexibility index (Phi) is 16.1. The van der Waals surface area contributed by atoms with Crippen molar-refractivity contribution in [1.82, 2.24) is 0 Å². The van der Waals surface area contributed by atoms with Gasteiger partial charge in [0.15, 0.2) is 5.44 Å². The van der Waals surface area contributed by atoms with Crippen molar-refractivity contribution >= 4 is 11.8 Å². The summed E-state index contributed by atoms with van der Waals surface area (Å²) in [5.41, 5.74) is -0.252. The summed E-state index contributed by atoms with van der Waals surface area (Å²) in [6.07, 6.45) is 16.5. The van der Waals surface area contributed by atoms with Gasteiger partial charge < -0.3 is 9.84 Å². The Balaban J connectivity index is 3.14. The van der Waals surface area contributed by atoms with Gasteiger partial charge in [-0.05, 0) is 12.2 Å². The molecule has 0 aliphatic rings. The summed E-state index contributed by atoms with van der Waals surface area (Å²) in [5.74, 6) is 1.16. The third-order valence-corrected chi connectivity index (χ3v) is 5.04. The Labute approximate surface area is 136 Å². The molecule has 0 bridgehead atoms. The quantitative estimate of drug-likeness (QED) is 0.201. The van der Waals surface area contributed by atoms with Crippen molar-refractivity contribution in [2.75, 3.05) is 12.9 Å². The van der Waals surface area contributed by atoms with Crippen molar-refractivity contribution in [3.8, 4) is 0 Å². The van der Waals surface area contributed by atoms with E-state index in [2.05, 4.69) is 13.5 Å². The van der Waals surface area contributed by atoms with Gasteiger partial charge in [-0.15, -0.1) is 11.8 Å². The van der Waals surface area contributed by atoms with Gasteiger partial charge in [0.25, 0.3) is 0 Å². The fourth-order valence-corrected chi connectivity index (χ4v) is 3.35.